The molecule has 0 saturated carbocycles. The first kappa shape index (κ1) is 14.2. The monoisotopic (exact) mass is 310 g/mol. The fraction of sp³-hybridized carbons (Fsp3) is 0.533. The lowest BCUT2D eigenvalue weighted by Gasteiger charge is -2.34. The topological polar surface area (TPSA) is 32.3 Å². The van der Waals surface area contributed by atoms with Crippen LogP contribution in [-0.2, 0) is 4.79 Å². The van der Waals surface area contributed by atoms with Crippen molar-refractivity contribution in [3.05, 3.63) is 29.3 Å². The molecule has 1 N–H and O–H groups in total. The molecule has 108 valence electrons. The molecule has 5 heteroatoms. The first-order valence-electron chi connectivity index (χ1n) is 7.16. The maximum atomic E-state index is 11.7. The Hall–Kier alpha value is -0.710. The number of nitrogens with one attached hydrogen (secondary N) is 1. The van der Waals surface area contributed by atoms with Crippen LogP contribution in [0.2, 0.25) is 5.02 Å². The van der Waals surface area contributed by atoms with Gasteiger partial charge in [0.15, 0.2) is 0 Å². The zero-order chi connectivity index (χ0) is 13.9. The number of rotatable bonds is 3. The Morgan fingerprint density at radius 1 is 1.15 bits per heavy atom. The minimum atomic E-state index is 0.122. The number of likely N-dealkylation sites (tertiary alicyclic amines) is 1. The van der Waals surface area contributed by atoms with Gasteiger partial charge in [-0.3, -0.25) is 9.69 Å². The van der Waals surface area contributed by atoms with Gasteiger partial charge in [-0.15, -0.1) is 11.8 Å². The summed E-state index contributed by atoms with van der Waals surface area (Å²) in [7, 11) is 0. The molecule has 2 aliphatic rings. The van der Waals surface area contributed by atoms with Gasteiger partial charge in [0.05, 0.1) is 6.04 Å². The van der Waals surface area contributed by atoms with Crippen LogP contribution in [0.4, 0.5) is 0 Å². The highest BCUT2D eigenvalue weighted by molar-refractivity contribution is 8.00. The molecule has 0 radical (unpaired) electrons. The number of hydrogen-bond acceptors (Lipinski definition) is 3. The van der Waals surface area contributed by atoms with E-state index in [1.807, 2.05) is 23.9 Å². The third-order valence-electron chi connectivity index (χ3n) is 4.05. The standard InChI is InChI=1S/C15H19ClN2OS/c16-11-1-3-12(4-2-11)20-13-6-9-18(10-7-13)14-5-8-17-15(14)19/h1-4,13-14H,5-10H2,(H,17,19). The van der Waals surface area contributed by atoms with Crippen LogP contribution in [0.25, 0.3) is 0 Å². The van der Waals surface area contributed by atoms with Crippen molar-refractivity contribution in [2.75, 3.05) is 19.6 Å². The number of carbonyl (C=O) groups excluding carboxylic acids is 1. The summed E-state index contributed by atoms with van der Waals surface area (Å²) in [6.07, 6.45) is 3.27. The van der Waals surface area contributed by atoms with Crippen molar-refractivity contribution in [1.82, 2.24) is 10.2 Å². The molecule has 1 aromatic carbocycles. The van der Waals surface area contributed by atoms with Gasteiger partial charge in [-0.25, -0.2) is 0 Å². The van der Waals surface area contributed by atoms with Crippen LogP contribution in [0, 0.1) is 0 Å². The van der Waals surface area contributed by atoms with Gasteiger partial charge < -0.3 is 5.32 Å². The lowest BCUT2D eigenvalue weighted by molar-refractivity contribution is -0.124. The average Bonchev–Trinajstić information content (AvgIpc) is 2.89. The second-order valence-electron chi connectivity index (χ2n) is 5.40. The fourth-order valence-corrected chi connectivity index (χ4v) is 4.19. The Morgan fingerprint density at radius 3 is 2.45 bits per heavy atom. The minimum absolute atomic E-state index is 0.122. The van der Waals surface area contributed by atoms with E-state index in [2.05, 4.69) is 22.3 Å². The highest BCUT2D eigenvalue weighted by Gasteiger charge is 2.32. The number of benzene rings is 1. The van der Waals surface area contributed by atoms with Gasteiger partial charge in [0.2, 0.25) is 5.91 Å². The average molecular weight is 311 g/mol. The molecule has 0 spiro atoms. The summed E-state index contributed by atoms with van der Waals surface area (Å²) in [4.78, 5) is 15.3. The summed E-state index contributed by atoms with van der Waals surface area (Å²) in [6, 6.07) is 8.19. The number of hydrogen-bond donors (Lipinski definition) is 1. The Balaban J connectivity index is 1.51. The third-order valence-corrected chi connectivity index (χ3v) is 5.65. The van der Waals surface area contributed by atoms with E-state index in [1.165, 1.54) is 4.90 Å². The maximum Gasteiger partial charge on any atom is 0.237 e. The lowest BCUT2D eigenvalue weighted by atomic mass is 10.1. The molecule has 2 heterocycles. The van der Waals surface area contributed by atoms with E-state index in [0.29, 0.717) is 5.25 Å². The number of thioether (sulfide) groups is 1. The van der Waals surface area contributed by atoms with E-state index in [0.717, 1.165) is 43.9 Å². The van der Waals surface area contributed by atoms with Crippen LogP contribution in [-0.4, -0.2) is 41.7 Å². The van der Waals surface area contributed by atoms with E-state index >= 15 is 0 Å². The van der Waals surface area contributed by atoms with Crippen LogP contribution in [0.1, 0.15) is 19.3 Å². The lowest BCUT2D eigenvalue weighted by Crippen LogP contribution is -2.45. The predicted octanol–water partition coefficient (Wildman–Crippen LogP) is 2.79. The van der Waals surface area contributed by atoms with Crippen LogP contribution in [0.3, 0.4) is 0 Å². The van der Waals surface area contributed by atoms with Crippen LogP contribution in [0.15, 0.2) is 29.2 Å². The summed E-state index contributed by atoms with van der Waals surface area (Å²) in [6.45, 7) is 2.90. The van der Waals surface area contributed by atoms with Gasteiger partial charge in [0, 0.05) is 21.7 Å². The number of amides is 1. The molecule has 0 bridgehead atoms. The largest absolute Gasteiger partial charge is 0.355 e. The summed E-state index contributed by atoms with van der Waals surface area (Å²) >= 11 is 7.84. The molecule has 2 saturated heterocycles. The molecular formula is C15H19ClN2OS. The molecule has 2 fully saturated rings. The first-order valence-corrected chi connectivity index (χ1v) is 8.42. The minimum Gasteiger partial charge on any atom is -0.355 e. The Kier molecular flexibility index (Phi) is 4.54. The molecule has 0 aromatic heterocycles. The molecule has 0 aliphatic carbocycles. The molecule has 1 unspecified atom stereocenters. The van der Waals surface area contributed by atoms with Gasteiger partial charge in [-0.1, -0.05) is 11.6 Å². The van der Waals surface area contributed by atoms with Crippen LogP contribution >= 0.6 is 23.4 Å². The van der Waals surface area contributed by atoms with Gasteiger partial charge in [0.1, 0.15) is 0 Å². The van der Waals surface area contributed by atoms with E-state index in [1.54, 1.807) is 0 Å². The Labute approximate surface area is 129 Å². The van der Waals surface area contributed by atoms with Crippen molar-refractivity contribution >= 4 is 29.3 Å². The van der Waals surface area contributed by atoms with Crippen molar-refractivity contribution in [3.8, 4) is 0 Å². The molecule has 3 nitrogen and oxygen atoms in total. The molecule has 1 atom stereocenters. The van der Waals surface area contributed by atoms with Crippen LogP contribution in [0.5, 0.6) is 0 Å². The van der Waals surface area contributed by atoms with Crippen LogP contribution < -0.4 is 5.32 Å². The molecule has 2 aliphatic heterocycles. The summed E-state index contributed by atoms with van der Waals surface area (Å²) in [5.74, 6) is 0.216. The maximum absolute atomic E-state index is 11.7. The van der Waals surface area contributed by atoms with Crippen molar-refractivity contribution in [2.24, 2.45) is 0 Å². The smallest absolute Gasteiger partial charge is 0.237 e. The normalized spacial score (nSPS) is 24.9. The van der Waals surface area contributed by atoms with Crippen molar-refractivity contribution < 1.29 is 4.79 Å². The number of piperidine rings is 1. The highest BCUT2D eigenvalue weighted by atomic mass is 35.5. The number of carbonyl (C=O) groups is 1. The number of halogens is 1. The zero-order valence-corrected chi connectivity index (χ0v) is 12.9. The molecule has 1 aromatic rings. The quantitative estimate of drug-likeness (QED) is 0.932. The van der Waals surface area contributed by atoms with E-state index in [9.17, 15) is 4.79 Å². The predicted molar refractivity (Wildman–Crippen MR) is 83.3 cm³/mol. The third kappa shape index (κ3) is 3.30. The summed E-state index contributed by atoms with van der Waals surface area (Å²) < 4.78 is 0. The first-order chi connectivity index (χ1) is 9.72. The molecule has 3 rings (SSSR count). The van der Waals surface area contributed by atoms with E-state index in [-0.39, 0.29) is 11.9 Å². The number of nitrogens with zero attached hydrogens (tertiary/aromatic N) is 1. The summed E-state index contributed by atoms with van der Waals surface area (Å²) in [5, 5.41) is 4.36. The zero-order valence-electron chi connectivity index (χ0n) is 11.3. The van der Waals surface area contributed by atoms with Crippen molar-refractivity contribution in [2.45, 2.75) is 35.4 Å². The second-order valence-corrected chi connectivity index (χ2v) is 7.21. The SMILES string of the molecule is O=C1NCCC1N1CCC(Sc2ccc(Cl)cc2)CC1. The summed E-state index contributed by atoms with van der Waals surface area (Å²) in [5.41, 5.74) is 0. The van der Waals surface area contributed by atoms with Gasteiger partial charge in [-0.05, 0) is 56.6 Å². The fourth-order valence-electron chi connectivity index (χ4n) is 2.94. The van der Waals surface area contributed by atoms with Gasteiger partial charge >= 0.3 is 0 Å². The van der Waals surface area contributed by atoms with Gasteiger partial charge in [-0.2, -0.15) is 0 Å². The molecular weight excluding hydrogens is 292 g/mol. The van der Waals surface area contributed by atoms with Crippen molar-refractivity contribution in [3.63, 3.8) is 0 Å². The highest BCUT2D eigenvalue weighted by Crippen LogP contribution is 2.32. The van der Waals surface area contributed by atoms with E-state index in [4.69, 9.17) is 11.6 Å². The molecule has 20 heavy (non-hydrogen) atoms. The van der Waals surface area contributed by atoms with Crippen molar-refractivity contribution in [1.29, 1.82) is 0 Å². The molecule has 1 amide bonds. The Bertz CT molecular complexity index is 471. The van der Waals surface area contributed by atoms with E-state index < -0.39 is 0 Å². The van der Waals surface area contributed by atoms with Gasteiger partial charge in [0.25, 0.3) is 0 Å². The Morgan fingerprint density at radius 2 is 1.85 bits per heavy atom. The second kappa shape index (κ2) is 6.37.